The molecule has 0 unspecified atom stereocenters. The third kappa shape index (κ3) is 2.03. The van der Waals surface area contributed by atoms with E-state index in [-0.39, 0.29) is 17.0 Å². The Balaban J connectivity index is 2.25. The van der Waals surface area contributed by atoms with Crippen molar-refractivity contribution in [1.29, 1.82) is 0 Å². The van der Waals surface area contributed by atoms with Crippen LogP contribution < -0.4 is 0 Å². The molecule has 1 saturated carbocycles. The number of carbonyl (C=O) groups is 1. The number of benzene rings is 1. The summed E-state index contributed by atoms with van der Waals surface area (Å²) in [6, 6.07) is 5.27. The molecule has 0 spiro atoms. The summed E-state index contributed by atoms with van der Waals surface area (Å²) in [4.78, 5) is 11.7. The molecule has 0 N–H and O–H groups in total. The topological polar surface area (TPSA) is 43.1 Å². The van der Waals surface area contributed by atoms with Crippen LogP contribution in [0.3, 0.4) is 0 Å². The van der Waals surface area contributed by atoms with Crippen LogP contribution in [0.2, 0.25) is 5.02 Å². The third-order valence-electron chi connectivity index (χ3n) is 3.44. The minimum absolute atomic E-state index is 0.0251. The molecule has 0 bridgehead atoms. The van der Waals surface area contributed by atoms with Crippen LogP contribution in [0, 0.1) is 6.92 Å². The zero-order valence-electron chi connectivity index (χ0n) is 10.5. The Morgan fingerprint density at radius 1 is 1.45 bits per heavy atom. The number of halogens is 3. The van der Waals surface area contributed by atoms with Gasteiger partial charge in [-0.25, -0.2) is 4.39 Å². The fourth-order valence-corrected chi connectivity index (χ4v) is 2.70. The van der Waals surface area contributed by atoms with Gasteiger partial charge in [0.1, 0.15) is 11.3 Å². The van der Waals surface area contributed by atoms with Crippen molar-refractivity contribution in [1.82, 2.24) is 5.16 Å². The van der Waals surface area contributed by atoms with Gasteiger partial charge in [0.05, 0.1) is 5.02 Å². The van der Waals surface area contributed by atoms with Crippen molar-refractivity contribution in [3.05, 3.63) is 40.1 Å². The predicted octanol–water partition coefficient (Wildman–Crippen LogP) is 4.64. The van der Waals surface area contributed by atoms with Crippen LogP contribution in [-0.2, 0) is 5.67 Å². The highest BCUT2D eigenvalue weighted by Crippen LogP contribution is 2.52. The molecule has 6 heteroatoms. The molecule has 20 heavy (non-hydrogen) atoms. The average molecular weight is 314 g/mol. The summed E-state index contributed by atoms with van der Waals surface area (Å²) in [5.74, 6) is -0.0909. The molecule has 0 aliphatic heterocycles. The Hall–Kier alpha value is -1.39. The van der Waals surface area contributed by atoms with E-state index in [1.165, 1.54) is 0 Å². The lowest BCUT2D eigenvalue weighted by atomic mass is 10.0. The van der Waals surface area contributed by atoms with E-state index in [0.717, 1.165) is 5.56 Å². The lowest BCUT2D eigenvalue weighted by molar-refractivity contribution is 0.107. The smallest absolute Gasteiger partial charge is 0.258 e. The molecule has 1 fully saturated rings. The monoisotopic (exact) mass is 313 g/mol. The van der Waals surface area contributed by atoms with Gasteiger partial charge in [0.2, 0.25) is 0 Å². The minimum Gasteiger partial charge on any atom is -0.356 e. The van der Waals surface area contributed by atoms with E-state index >= 15 is 0 Å². The van der Waals surface area contributed by atoms with Gasteiger partial charge in [-0.15, -0.1) is 0 Å². The molecule has 0 saturated heterocycles. The van der Waals surface area contributed by atoms with Crippen LogP contribution >= 0.6 is 23.2 Å². The Morgan fingerprint density at radius 3 is 2.70 bits per heavy atom. The number of aromatic nitrogens is 1. The van der Waals surface area contributed by atoms with E-state index in [0.29, 0.717) is 23.4 Å². The van der Waals surface area contributed by atoms with Crippen molar-refractivity contribution >= 4 is 28.4 Å². The van der Waals surface area contributed by atoms with E-state index < -0.39 is 10.9 Å². The molecule has 3 rings (SSSR count). The largest absolute Gasteiger partial charge is 0.356 e. The second kappa shape index (κ2) is 4.57. The van der Waals surface area contributed by atoms with Crippen molar-refractivity contribution < 1.29 is 13.7 Å². The first-order chi connectivity index (χ1) is 9.44. The van der Waals surface area contributed by atoms with Crippen LogP contribution in [0.15, 0.2) is 22.7 Å². The summed E-state index contributed by atoms with van der Waals surface area (Å²) in [7, 11) is 0. The summed E-state index contributed by atoms with van der Waals surface area (Å²) in [6.45, 7) is 1.82. The standard InChI is InChI=1S/C14H10Cl2FNO2/c1-7-3-2-4-8(15)9(7)11-10(13(16)19)12(20-18-11)14(17)5-6-14/h2-4H,5-6H2,1H3. The lowest BCUT2D eigenvalue weighted by Crippen LogP contribution is -2.04. The van der Waals surface area contributed by atoms with Gasteiger partial charge >= 0.3 is 0 Å². The molecule has 104 valence electrons. The van der Waals surface area contributed by atoms with Crippen molar-refractivity contribution in [2.45, 2.75) is 25.4 Å². The van der Waals surface area contributed by atoms with Crippen LogP contribution in [-0.4, -0.2) is 10.4 Å². The SMILES string of the molecule is Cc1cccc(Cl)c1-c1noc(C2(F)CC2)c1C(=O)Cl. The molecule has 1 aliphatic carbocycles. The summed E-state index contributed by atoms with van der Waals surface area (Å²) in [6.07, 6.45) is 0.612. The van der Waals surface area contributed by atoms with Gasteiger partial charge in [0, 0.05) is 5.56 Å². The highest BCUT2D eigenvalue weighted by atomic mass is 35.5. The quantitative estimate of drug-likeness (QED) is 0.775. The summed E-state index contributed by atoms with van der Waals surface area (Å²) >= 11 is 11.7. The fraction of sp³-hybridized carbons (Fsp3) is 0.286. The van der Waals surface area contributed by atoms with Gasteiger partial charge in [-0.05, 0) is 43.0 Å². The molecule has 3 nitrogen and oxygen atoms in total. The molecule has 1 aromatic heterocycles. The highest BCUT2D eigenvalue weighted by Gasteiger charge is 2.52. The van der Waals surface area contributed by atoms with Gasteiger partial charge in [0.15, 0.2) is 11.4 Å². The zero-order chi connectivity index (χ0) is 14.5. The van der Waals surface area contributed by atoms with Crippen molar-refractivity contribution in [3.63, 3.8) is 0 Å². The van der Waals surface area contributed by atoms with Crippen LogP contribution in [0.5, 0.6) is 0 Å². The summed E-state index contributed by atoms with van der Waals surface area (Å²) < 4.78 is 19.3. The summed E-state index contributed by atoms with van der Waals surface area (Å²) in [5.41, 5.74) is -0.104. The van der Waals surface area contributed by atoms with Crippen LogP contribution in [0.1, 0.15) is 34.5 Å². The second-order valence-corrected chi connectivity index (χ2v) is 5.66. The number of alkyl halides is 1. The molecule has 2 aromatic rings. The minimum atomic E-state index is -1.62. The predicted molar refractivity (Wildman–Crippen MR) is 73.9 cm³/mol. The number of carbonyl (C=O) groups excluding carboxylic acids is 1. The molecule has 0 radical (unpaired) electrons. The Labute approximate surface area is 124 Å². The van der Waals surface area contributed by atoms with Gasteiger partial charge in [-0.1, -0.05) is 28.9 Å². The fourth-order valence-electron chi connectivity index (χ4n) is 2.22. The number of nitrogens with zero attached hydrogens (tertiary/aromatic N) is 1. The van der Waals surface area contributed by atoms with E-state index in [2.05, 4.69) is 5.16 Å². The number of rotatable bonds is 3. The molecular formula is C14H10Cl2FNO2. The number of aryl methyl sites for hydroxylation is 1. The van der Waals surface area contributed by atoms with Gasteiger partial charge < -0.3 is 4.52 Å². The first-order valence-electron chi connectivity index (χ1n) is 6.08. The maximum Gasteiger partial charge on any atom is 0.258 e. The molecule has 1 aliphatic rings. The molecular weight excluding hydrogens is 304 g/mol. The van der Waals surface area contributed by atoms with E-state index in [9.17, 15) is 9.18 Å². The zero-order valence-corrected chi connectivity index (χ0v) is 12.1. The van der Waals surface area contributed by atoms with E-state index in [4.69, 9.17) is 27.7 Å². The second-order valence-electron chi connectivity index (χ2n) is 4.91. The van der Waals surface area contributed by atoms with E-state index in [1.807, 2.05) is 13.0 Å². The first-order valence-corrected chi connectivity index (χ1v) is 6.84. The first kappa shape index (κ1) is 13.6. The number of hydrogen-bond acceptors (Lipinski definition) is 3. The van der Waals surface area contributed by atoms with Gasteiger partial charge in [0.25, 0.3) is 5.24 Å². The van der Waals surface area contributed by atoms with Crippen LogP contribution in [0.4, 0.5) is 4.39 Å². The van der Waals surface area contributed by atoms with Gasteiger partial charge in [-0.3, -0.25) is 4.79 Å². The Bertz CT molecular complexity index is 687. The lowest BCUT2D eigenvalue weighted by Gasteiger charge is -2.06. The molecule has 1 heterocycles. The molecule has 0 atom stereocenters. The maximum absolute atomic E-state index is 14.2. The molecule has 1 aromatic carbocycles. The van der Waals surface area contributed by atoms with E-state index in [1.54, 1.807) is 12.1 Å². The normalized spacial score (nSPS) is 16.2. The maximum atomic E-state index is 14.2. The Kier molecular flexibility index (Phi) is 3.10. The van der Waals surface area contributed by atoms with Crippen molar-refractivity contribution in [3.8, 4) is 11.3 Å². The average Bonchev–Trinajstić information content (AvgIpc) is 2.96. The summed E-state index contributed by atoms with van der Waals surface area (Å²) in [5, 5.41) is 3.45. The van der Waals surface area contributed by atoms with Crippen LogP contribution in [0.25, 0.3) is 11.3 Å². The van der Waals surface area contributed by atoms with Crippen molar-refractivity contribution in [2.75, 3.05) is 0 Å². The van der Waals surface area contributed by atoms with Crippen molar-refractivity contribution in [2.24, 2.45) is 0 Å². The van der Waals surface area contributed by atoms with Gasteiger partial charge in [-0.2, -0.15) is 0 Å². The third-order valence-corrected chi connectivity index (χ3v) is 3.95. The molecule has 0 amide bonds. The highest BCUT2D eigenvalue weighted by molar-refractivity contribution is 6.68. The Morgan fingerprint density at radius 2 is 2.15 bits per heavy atom. The number of hydrogen-bond donors (Lipinski definition) is 0.